The Bertz CT molecular complexity index is 422. The first-order chi connectivity index (χ1) is 8.11. The molecule has 18 heavy (non-hydrogen) atoms. The van der Waals surface area contributed by atoms with Gasteiger partial charge in [-0.05, 0) is 26.2 Å². The Hall–Kier alpha value is -0.320. The van der Waals surface area contributed by atoms with Gasteiger partial charge in [0.1, 0.15) is 5.88 Å². The molecule has 0 aromatic carbocycles. The summed E-state index contributed by atoms with van der Waals surface area (Å²) < 4.78 is 0. The predicted octanol–water partition coefficient (Wildman–Crippen LogP) is 2.99. The summed E-state index contributed by atoms with van der Waals surface area (Å²) in [4.78, 5) is 19.2. The van der Waals surface area contributed by atoms with Crippen molar-refractivity contribution in [3.63, 3.8) is 0 Å². The Morgan fingerprint density at radius 1 is 1.61 bits per heavy atom. The molecule has 1 aliphatic carbocycles. The van der Waals surface area contributed by atoms with Crippen LogP contribution in [0.2, 0.25) is 0 Å². The molecule has 1 unspecified atom stereocenters. The predicted molar refractivity (Wildman–Crippen MR) is 78.1 cm³/mol. The third kappa shape index (κ3) is 3.37. The molecule has 0 fully saturated rings. The van der Waals surface area contributed by atoms with Gasteiger partial charge in [0.05, 0.1) is 10.7 Å². The van der Waals surface area contributed by atoms with Crippen molar-refractivity contribution < 1.29 is 4.79 Å². The smallest absolute Gasteiger partial charge is 0.237 e. The maximum atomic E-state index is 11.5. The van der Waals surface area contributed by atoms with Gasteiger partial charge in [0.15, 0.2) is 0 Å². The van der Waals surface area contributed by atoms with Crippen molar-refractivity contribution >= 4 is 41.3 Å². The molecule has 0 saturated heterocycles. The highest BCUT2D eigenvalue weighted by Crippen LogP contribution is 2.34. The topological polar surface area (TPSA) is 33.2 Å². The van der Waals surface area contributed by atoms with Crippen LogP contribution in [0, 0.1) is 6.92 Å². The summed E-state index contributed by atoms with van der Waals surface area (Å²) in [7, 11) is 1.82. The number of alkyl halides is 1. The lowest BCUT2D eigenvalue weighted by Gasteiger charge is -2.26. The molecular formula is C12H18Cl2N2OS. The number of thiazole rings is 1. The SMILES string of the molecule is Cc1nc2c(s1)CCCC2CN(C)C(=O)CCl.Cl. The van der Waals surface area contributed by atoms with Crippen molar-refractivity contribution in [3.8, 4) is 0 Å². The molecule has 0 radical (unpaired) electrons. The van der Waals surface area contributed by atoms with E-state index in [1.165, 1.54) is 17.0 Å². The number of rotatable bonds is 3. The van der Waals surface area contributed by atoms with Crippen LogP contribution in [0.15, 0.2) is 0 Å². The molecule has 0 N–H and O–H groups in total. The van der Waals surface area contributed by atoms with E-state index in [1.807, 2.05) is 14.0 Å². The molecule has 1 aliphatic rings. The zero-order valence-corrected chi connectivity index (χ0v) is 13.0. The number of amides is 1. The van der Waals surface area contributed by atoms with Crippen LogP contribution in [-0.4, -0.2) is 35.3 Å². The summed E-state index contributed by atoms with van der Waals surface area (Å²) in [6.07, 6.45) is 3.46. The Morgan fingerprint density at radius 3 is 3.00 bits per heavy atom. The van der Waals surface area contributed by atoms with Gasteiger partial charge in [0.25, 0.3) is 0 Å². The van der Waals surface area contributed by atoms with E-state index in [-0.39, 0.29) is 24.2 Å². The zero-order valence-electron chi connectivity index (χ0n) is 10.6. The van der Waals surface area contributed by atoms with Crippen molar-refractivity contribution in [2.24, 2.45) is 0 Å². The maximum absolute atomic E-state index is 11.5. The number of fused-ring (bicyclic) bond motifs is 1. The lowest BCUT2D eigenvalue weighted by atomic mass is 9.90. The molecule has 0 bridgehead atoms. The van der Waals surface area contributed by atoms with Crippen molar-refractivity contribution in [3.05, 3.63) is 15.6 Å². The summed E-state index contributed by atoms with van der Waals surface area (Å²) in [5, 5.41) is 1.13. The fourth-order valence-electron chi connectivity index (χ4n) is 2.34. The highest BCUT2D eigenvalue weighted by molar-refractivity contribution is 7.11. The van der Waals surface area contributed by atoms with Gasteiger partial charge in [-0.2, -0.15) is 0 Å². The highest BCUT2D eigenvalue weighted by Gasteiger charge is 2.25. The van der Waals surface area contributed by atoms with E-state index in [0.717, 1.165) is 24.4 Å². The van der Waals surface area contributed by atoms with Crippen LogP contribution in [0.25, 0.3) is 0 Å². The van der Waals surface area contributed by atoms with E-state index >= 15 is 0 Å². The minimum absolute atomic E-state index is 0. The van der Waals surface area contributed by atoms with E-state index in [2.05, 4.69) is 4.98 Å². The molecular weight excluding hydrogens is 291 g/mol. The second-order valence-corrected chi connectivity index (χ2v) is 6.09. The standard InChI is InChI=1S/C12H17ClN2OS.ClH/c1-8-14-12-9(4-3-5-10(12)17-8)7-15(2)11(16)6-13;/h9H,3-7H2,1-2H3;1H. The first-order valence-corrected chi connectivity index (χ1v) is 7.23. The molecule has 1 atom stereocenters. The van der Waals surface area contributed by atoms with Crippen LogP contribution in [0.3, 0.4) is 0 Å². The summed E-state index contributed by atoms with van der Waals surface area (Å²) in [5.41, 5.74) is 1.22. The number of nitrogens with zero attached hydrogens (tertiary/aromatic N) is 2. The number of hydrogen-bond acceptors (Lipinski definition) is 3. The number of carbonyl (C=O) groups excluding carboxylic acids is 1. The summed E-state index contributed by atoms with van der Waals surface area (Å²) in [6, 6.07) is 0. The summed E-state index contributed by atoms with van der Waals surface area (Å²) >= 11 is 7.36. The molecule has 102 valence electrons. The Kier molecular flexibility index (Phi) is 5.89. The van der Waals surface area contributed by atoms with Crippen LogP contribution in [0.1, 0.15) is 34.3 Å². The maximum Gasteiger partial charge on any atom is 0.237 e. The van der Waals surface area contributed by atoms with Gasteiger partial charge in [-0.3, -0.25) is 4.79 Å². The van der Waals surface area contributed by atoms with Gasteiger partial charge in [-0.25, -0.2) is 4.98 Å². The Labute approximate surface area is 123 Å². The number of aromatic nitrogens is 1. The van der Waals surface area contributed by atoms with Gasteiger partial charge >= 0.3 is 0 Å². The second kappa shape index (κ2) is 6.73. The molecule has 6 heteroatoms. The molecule has 0 aliphatic heterocycles. The minimum Gasteiger partial charge on any atom is -0.344 e. The van der Waals surface area contributed by atoms with E-state index in [0.29, 0.717) is 5.92 Å². The molecule has 2 rings (SSSR count). The monoisotopic (exact) mass is 308 g/mol. The van der Waals surface area contributed by atoms with Gasteiger partial charge < -0.3 is 4.90 Å². The van der Waals surface area contributed by atoms with Crippen LogP contribution in [0.5, 0.6) is 0 Å². The van der Waals surface area contributed by atoms with E-state index < -0.39 is 0 Å². The molecule has 3 nitrogen and oxygen atoms in total. The minimum atomic E-state index is -0.00857. The number of aryl methyl sites for hydroxylation is 2. The number of carbonyl (C=O) groups is 1. The number of likely N-dealkylation sites (N-methyl/N-ethyl adjacent to an activating group) is 1. The van der Waals surface area contributed by atoms with Crippen LogP contribution in [0.4, 0.5) is 0 Å². The Morgan fingerprint density at radius 2 is 2.33 bits per heavy atom. The molecule has 1 amide bonds. The second-order valence-electron chi connectivity index (χ2n) is 4.54. The lowest BCUT2D eigenvalue weighted by Crippen LogP contribution is -2.33. The zero-order chi connectivity index (χ0) is 12.4. The first-order valence-electron chi connectivity index (χ1n) is 5.88. The van der Waals surface area contributed by atoms with E-state index in [4.69, 9.17) is 11.6 Å². The third-order valence-corrected chi connectivity index (χ3v) is 4.49. The third-order valence-electron chi connectivity index (χ3n) is 3.21. The number of halogens is 2. The van der Waals surface area contributed by atoms with Crippen molar-refractivity contribution in [2.45, 2.75) is 32.1 Å². The van der Waals surface area contributed by atoms with Crippen molar-refractivity contribution in [1.82, 2.24) is 9.88 Å². The molecule has 1 heterocycles. The van der Waals surface area contributed by atoms with E-state index in [9.17, 15) is 4.79 Å². The lowest BCUT2D eigenvalue weighted by molar-refractivity contribution is -0.127. The van der Waals surface area contributed by atoms with E-state index in [1.54, 1.807) is 16.2 Å². The van der Waals surface area contributed by atoms with Gasteiger partial charge in [0.2, 0.25) is 5.91 Å². The Balaban J connectivity index is 0.00000162. The fraction of sp³-hybridized carbons (Fsp3) is 0.667. The summed E-state index contributed by atoms with van der Waals surface area (Å²) in [6.45, 7) is 2.79. The van der Waals surface area contributed by atoms with Gasteiger partial charge in [-0.1, -0.05) is 0 Å². The number of hydrogen-bond donors (Lipinski definition) is 0. The van der Waals surface area contributed by atoms with Crippen molar-refractivity contribution in [1.29, 1.82) is 0 Å². The average molecular weight is 309 g/mol. The highest BCUT2D eigenvalue weighted by atomic mass is 35.5. The van der Waals surface area contributed by atoms with Gasteiger partial charge in [0, 0.05) is 24.4 Å². The molecule has 0 saturated carbocycles. The normalized spacial score (nSPS) is 17.8. The quantitative estimate of drug-likeness (QED) is 0.804. The average Bonchev–Trinajstić information content (AvgIpc) is 2.69. The molecule has 1 aromatic rings. The largest absolute Gasteiger partial charge is 0.344 e. The van der Waals surface area contributed by atoms with Crippen LogP contribution in [-0.2, 0) is 11.2 Å². The van der Waals surface area contributed by atoms with Crippen LogP contribution < -0.4 is 0 Å². The summed E-state index contributed by atoms with van der Waals surface area (Å²) in [5.74, 6) is 0.443. The van der Waals surface area contributed by atoms with Crippen molar-refractivity contribution in [2.75, 3.05) is 19.5 Å². The molecule has 1 aromatic heterocycles. The fourth-order valence-corrected chi connectivity index (χ4v) is 3.61. The molecule has 0 spiro atoms. The van der Waals surface area contributed by atoms with Crippen LogP contribution >= 0.6 is 35.3 Å². The first kappa shape index (κ1) is 15.7. The van der Waals surface area contributed by atoms with Gasteiger partial charge in [-0.15, -0.1) is 35.3 Å².